The van der Waals surface area contributed by atoms with Gasteiger partial charge in [0.15, 0.2) is 0 Å². The second-order valence-electron chi connectivity index (χ2n) is 7.18. The van der Waals surface area contributed by atoms with Crippen LogP contribution in [0.1, 0.15) is 19.8 Å². The van der Waals surface area contributed by atoms with Crippen molar-refractivity contribution in [1.82, 2.24) is 9.80 Å². The van der Waals surface area contributed by atoms with Gasteiger partial charge in [-0.3, -0.25) is 9.69 Å². The normalized spacial score (nSPS) is 19.8. The van der Waals surface area contributed by atoms with Crippen LogP contribution in [0.25, 0.3) is 0 Å². The minimum Gasteiger partial charge on any atom is -0.369 e. The number of hydrogen-bond acceptors (Lipinski definition) is 4. The molecule has 2 saturated heterocycles. The highest BCUT2D eigenvalue weighted by Crippen LogP contribution is 2.20. The van der Waals surface area contributed by atoms with E-state index in [1.54, 1.807) is 0 Å². The first-order valence-corrected chi connectivity index (χ1v) is 9.32. The van der Waals surface area contributed by atoms with Gasteiger partial charge in [-0.05, 0) is 56.5 Å². The Morgan fingerprint density at radius 3 is 2.15 bits per heavy atom. The molecule has 2 aliphatic heterocycles. The monoisotopic (exact) mass is 420 g/mol. The Morgan fingerprint density at radius 1 is 1.07 bits per heavy atom. The highest BCUT2D eigenvalue weighted by molar-refractivity contribution is 5.85. The van der Waals surface area contributed by atoms with Gasteiger partial charge in [0.05, 0.1) is 6.04 Å². The Bertz CT molecular complexity index is 574. The number of anilines is 1. The molecule has 0 spiro atoms. The largest absolute Gasteiger partial charge is 0.369 e. The van der Waals surface area contributed by atoms with E-state index in [1.165, 1.54) is 12.1 Å². The standard InChI is InChI=1S/C19H29FN4O.2ClH/c1-15(19(25)24-8-6-16(14-21)7-9-24)22-10-12-23(13-11-22)18-4-2-17(20)3-5-18;;/h2-5,15-16H,6-14,21H2,1H3;2*1H. The van der Waals surface area contributed by atoms with Gasteiger partial charge in [0.25, 0.3) is 0 Å². The van der Waals surface area contributed by atoms with Crippen LogP contribution in [0.2, 0.25) is 0 Å². The first kappa shape index (κ1) is 24.0. The third-order valence-electron chi connectivity index (χ3n) is 5.67. The molecule has 154 valence electrons. The number of piperidine rings is 1. The molecule has 1 aromatic carbocycles. The fourth-order valence-electron chi connectivity index (χ4n) is 3.83. The van der Waals surface area contributed by atoms with Crippen LogP contribution in [-0.2, 0) is 4.79 Å². The molecule has 1 aromatic rings. The highest BCUT2D eigenvalue weighted by atomic mass is 35.5. The number of halogens is 3. The minimum absolute atomic E-state index is 0. The van der Waals surface area contributed by atoms with Gasteiger partial charge in [-0.15, -0.1) is 24.8 Å². The zero-order chi connectivity index (χ0) is 17.8. The van der Waals surface area contributed by atoms with Gasteiger partial charge < -0.3 is 15.5 Å². The lowest BCUT2D eigenvalue weighted by Crippen LogP contribution is -2.55. The van der Waals surface area contributed by atoms with E-state index >= 15 is 0 Å². The van der Waals surface area contributed by atoms with Gasteiger partial charge in [0.2, 0.25) is 5.91 Å². The topological polar surface area (TPSA) is 52.8 Å². The summed E-state index contributed by atoms with van der Waals surface area (Å²) in [5, 5.41) is 0. The SMILES string of the molecule is CC(C(=O)N1CCC(CN)CC1)N1CCN(c2ccc(F)cc2)CC1.Cl.Cl. The lowest BCUT2D eigenvalue weighted by atomic mass is 9.96. The number of carbonyl (C=O) groups excluding carboxylic acids is 1. The maximum atomic E-state index is 13.1. The number of nitrogens with zero attached hydrogens (tertiary/aromatic N) is 3. The summed E-state index contributed by atoms with van der Waals surface area (Å²) in [7, 11) is 0. The van der Waals surface area contributed by atoms with E-state index in [0.717, 1.165) is 64.3 Å². The molecule has 3 rings (SSSR count). The van der Waals surface area contributed by atoms with Crippen LogP contribution in [-0.4, -0.2) is 67.6 Å². The third kappa shape index (κ3) is 5.95. The van der Waals surface area contributed by atoms with Crippen LogP contribution in [0.15, 0.2) is 24.3 Å². The molecule has 1 atom stereocenters. The second kappa shape index (κ2) is 11.1. The van der Waals surface area contributed by atoms with Crippen molar-refractivity contribution in [2.24, 2.45) is 11.7 Å². The lowest BCUT2D eigenvalue weighted by molar-refractivity contribution is -0.138. The number of benzene rings is 1. The summed E-state index contributed by atoms with van der Waals surface area (Å²) >= 11 is 0. The van der Waals surface area contributed by atoms with E-state index in [-0.39, 0.29) is 42.6 Å². The summed E-state index contributed by atoms with van der Waals surface area (Å²) in [6.45, 7) is 7.83. The van der Waals surface area contributed by atoms with Crippen molar-refractivity contribution < 1.29 is 9.18 Å². The Hall–Kier alpha value is -1.08. The molecule has 0 aromatic heterocycles. The number of amides is 1. The molecule has 2 heterocycles. The molecule has 8 heteroatoms. The lowest BCUT2D eigenvalue weighted by Gasteiger charge is -2.41. The maximum absolute atomic E-state index is 13.1. The van der Waals surface area contributed by atoms with Crippen LogP contribution in [0.4, 0.5) is 10.1 Å². The van der Waals surface area contributed by atoms with Crippen molar-refractivity contribution in [3.63, 3.8) is 0 Å². The van der Waals surface area contributed by atoms with E-state index < -0.39 is 0 Å². The number of nitrogens with two attached hydrogens (primary N) is 1. The molecule has 0 saturated carbocycles. The number of piperazine rings is 1. The predicted molar refractivity (Wildman–Crippen MR) is 113 cm³/mol. The highest BCUT2D eigenvalue weighted by Gasteiger charge is 2.30. The predicted octanol–water partition coefficient (Wildman–Crippen LogP) is 2.38. The summed E-state index contributed by atoms with van der Waals surface area (Å²) in [5.41, 5.74) is 6.78. The van der Waals surface area contributed by atoms with Crippen LogP contribution < -0.4 is 10.6 Å². The molecule has 2 N–H and O–H groups in total. The zero-order valence-electron chi connectivity index (χ0n) is 15.8. The van der Waals surface area contributed by atoms with Crippen molar-refractivity contribution in [3.8, 4) is 0 Å². The average molecular weight is 421 g/mol. The van der Waals surface area contributed by atoms with Crippen LogP contribution in [0.3, 0.4) is 0 Å². The molecular formula is C19H31Cl2FN4O. The van der Waals surface area contributed by atoms with Gasteiger partial charge in [0, 0.05) is 45.0 Å². The number of rotatable bonds is 4. The quantitative estimate of drug-likeness (QED) is 0.811. The summed E-state index contributed by atoms with van der Waals surface area (Å²) < 4.78 is 13.1. The Labute approximate surface area is 173 Å². The fourth-order valence-corrected chi connectivity index (χ4v) is 3.83. The van der Waals surface area contributed by atoms with Crippen molar-refractivity contribution >= 4 is 36.4 Å². The molecular weight excluding hydrogens is 390 g/mol. The van der Waals surface area contributed by atoms with Gasteiger partial charge in [-0.2, -0.15) is 0 Å². The van der Waals surface area contributed by atoms with Crippen LogP contribution in [0, 0.1) is 11.7 Å². The molecule has 2 fully saturated rings. The Morgan fingerprint density at radius 2 is 1.63 bits per heavy atom. The van der Waals surface area contributed by atoms with Gasteiger partial charge in [-0.1, -0.05) is 0 Å². The summed E-state index contributed by atoms with van der Waals surface area (Å²) in [6, 6.07) is 6.56. The smallest absolute Gasteiger partial charge is 0.239 e. The first-order chi connectivity index (χ1) is 12.1. The Balaban J connectivity index is 0.00000182. The molecule has 1 unspecified atom stereocenters. The van der Waals surface area contributed by atoms with E-state index in [0.29, 0.717) is 5.92 Å². The Kier molecular flexibility index (Phi) is 9.81. The van der Waals surface area contributed by atoms with Gasteiger partial charge >= 0.3 is 0 Å². The molecule has 27 heavy (non-hydrogen) atoms. The fraction of sp³-hybridized carbons (Fsp3) is 0.632. The van der Waals surface area contributed by atoms with Crippen LogP contribution >= 0.6 is 24.8 Å². The summed E-state index contributed by atoms with van der Waals surface area (Å²) in [4.78, 5) is 19.3. The van der Waals surface area contributed by atoms with Gasteiger partial charge in [0.1, 0.15) is 5.82 Å². The number of carbonyl (C=O) groups is 1. The van der Waals surface area contributed by atoms with Gasteiger partial charge in [-0.25, -0.2) is 4.39 Å². The number of hydrogen-bond donors (Lipinski definition) is 1. The second-order valence-corrected chi connectivity index (χ2v) is 7.18. The molecule has 0 radical (unpaired) electrons. The maximum Gasteiger partial charge on any atom is 0.239 e. The van der Waals surface area contributed by atoms with Crippen molar-refractivity contribution in [2.75, 3.05) is 50.7 Å². The summed E-state index contributed by atoms with van der Waals surface area (Å²) in [6.07, 6.45) is 2.04. The van der Waals surface area contributed by atoms with E-state index in [1.807, 2.05) is 24.0 Å². The van der Waals surface area contributed by atoms with E-state index in [4.69, 9.17) is 5.73 Å². The van der Waals surface area contributed by atoms with Crippen molar-refractivity contribution in [2.45, 2.75) is 25.8 Å². The van der Waals surface area contributed by atoms with Crippen molar-refractivity contribution in [1.29, 1.82) is 0 Å². The molecule has 2 aliphatic rings. The van der Waals surface area contributed by atoms with Crippen LogP contribution in [0.5, 0.6) is 0 Å². The number of likely N-dealkylation sites (tertiary alicyclic amines) is 1. The summed E-state index contributed by atoms with van der Waals surface area (Å²) in [5.74, 6) is 0.601. The first-order valence-electron chi connectivity index (χ1n) is 9.32. The van der Waals surface area contributed by atoms with E-state index in [9.17, 15) is 9.18 Å². The molecule has 1 amide bonds. The zero-order valence-corrected chi connectivity index (χ0v) is 17.5. The van der Waals surface area contributed by atoms with Crippen molar-refractivity contribution in [3.05, 3.63) is 30.1 Å². The molecule has 0 bridgehead atoms. The molecule has 0 aliphatic carbocycles. The minimum atomic E-state index is -0.208. The van der Waals surface area contributed by atoms with E-state index in [2.05, 4.69) is 9.80 Å². The third-order valence-corrected chi connectivity index (χ3v) is 5.67. The molecule has 5 nitrogen and oxygen atoms in total. The average Bonchev–Trinajstić information content (AvgIpc) is 2.67.